The van der Waals surface area contributed by atoms with Crippen LogP contribution in [0.4, 0.5) is 22.0 Å². The summed E-state index contributed by atoms with van der Waals surface area (Å²) in [6, 6.07) is 12.7. The van der Waals surface area contributed by atoms with Crippen LogP contribution in [0.3, 0.4) is 0 Å². The molecule has 3 N–H and O–H groups in total. The predicted molar refractivity (Wildman–Crippen MR) is 159 cm³/mol. The van der Waals surface area contributed by atoms with E-state index in [1.165, 1.54) is 16.1 Å². The number of carboxylic acids is 1. The minimum atomic E-state index is -5.01. The maximum atomic E-state index is 15.3. The summed E-state index contributed by atoms with van der Waals surface area (Å²) in [4.78, 5) is 15.0. The first-order valence-electron chi connectivity index (χ1n) is 13.8. The number of alkyl halides is 3. The van der Waals surface area contributed by atoms with Crippen LogP contribution in [0.2, 0.25) is 0 Å². The summed E-state index contributed by atoms with van der Waals surface area (Å²) in [5.74, 6) is -3.41. The molecular formula is C31H23F5N4O4S2. The Bertz CT molecular complexity index is 2090. The Morgan fingerprint density at radius 2 is 1.74 bits per heavy atom. The maximum absolute atomic E-state index is 15.3. The van der Waals surface area contributed by atoms with Crippen molar-refractivity contribution in [1.29, 1.82) is 0 Å². The molecule has 238 valence electrons. The fourth-order valence-electron chi connectivity index (χ4n) is 5.24. The number of nitrogens with zero attached hydrogens (tertiary/aromatic N) is 3. The highest BCUT2D eigenvalue weighted by molar-refractivity contribution is 7.89. The summed E-state index contributed by atoms with van der Waals surface area (Å²) in [6.45, 7) is 0. The zero-order valence-electron chi connectivity index (χ0n) is 23.6. The molecule has 2 heterocycles. The molecule has 8 nitrogen and oxygen atoms in total. The Morgan fingerprint density at radius 3 is 2.33 bits per heavy atom. The number of hydrogen-bond acceptors (Lipinski definition) is 6. The van der Waals surface area contributed by atoms with E-state index < -0.39 is 49.8 Å². The lowest BCUT2D eigenvalue weighted by atomic mass is 9.91. The van der Waals surface area contributed by atoms with Gasteiger partial charge in [0.2, 0.25) is 15.2 Å². The lowest BCUT2D eigenvalue weighted by Gasteiger charge is -2.16. The third kappa shape index (κ3) is 6.30. The van der Waals surface area contributed by atoms with E-state index in [-0.39, 0.29) is 45.5 Å². The molecule has 1 aliphatic rings. The quantitative estimate of drug-likeness (QED) is 0.165. The number of thiazole rings is 1. The average Bonchev–Trinajstić information content (AvgIpc) is 3.54. The Labute approximate surface area is 263 Å². The van der Waals surface area contributed by atoms with Gasteiger partial charge >= 0.3 is 12.1 Å². The van der Waals surface area contributed by atoms with Gasteiger partial charge in [0.05, 0.1) is 17.0 Å². The second-order valence-corrected chi connectivity index (χ2v) is 13.2. The molecule has 1 saturated carbocycles. The first kappa shape index (κ1) is 31.5. The van der Waals surface area contributed by atoms with Gasteiger partial charge in [0.1, 0.15) is 16.5 Å². The largest absolute Gasteiger partial charge is 0.476 e. The van der Waals surface area contributed by atoms with Crippen molar-refractivity contribution in [3.05, 3.63) is 106 Å². The van der Waals surface area contributed by atoms with Gasteiger partial charge < -0.3 is 5.11 Å². The number of benzene rings is 3. The van der Waals surface area contributed by atoms with Crippen molar-refractivity contribution in [2.75, 3.05) is 0 Å². The Kier molecular flexibility index (Phi) is 8.02. The van der Waals surface area contributed by atoms with E-state index in [4.69, 9.17) is 5.14 Å². The van der Waals surface area contributed by atoms with E-state index in [0.29, 0.717) is 23.7 Å². The summed E-state index contributed by atoms with van der Waals surface area (Å²) in [5.41, 5.74) is -1.17. The number of carboxylic acid groups (broad SMARTS) is 1. The average molecular weight is 675 g/mol. The molecule has 0 amide bonds. The number of halogens is 5. The van der Waals surface area contributed by atoms with Crippen molar-refractivity contribution < 1.29 is 40.3 Å². The van der Waals surface area contributed by atoms with Crippen molar-refractivity contribution >= 4 is 27.3 Å². The molecule has 0 bridgehead atoms. The fraction of sp³-hybridized carbons (Fsp3) is 0.194. The van der Waals surface area contributed by atoms with Crippen molar-refractivity contribution in [3.63, 3.8) is 0 Å². The Balaban J connectivity index is 1.63. The van der Waals surface area contributed by atoms with Gasteiger partial charge in [-0.1, -0.05) is 36.4 Å². The van der Waals surface area contributed by atoms with Crippen LogP contribution in [0, 0.1) is 17.6 Å². The molecule has 0 radical (unpaired) electrons. The second kappa shape index (κ2) is 11.7. The highest BCUT2D eigenvalue weighted by Gasteiger charge is 2.38. The summed E-state index contributed by atoms with van der Waals surface area (Å²) in [6.07, 6.45) is -3.22. The molecule has 0 spiro atoms. The smallest absolute Gasteiger partial charge is 0.417 e. The molecule has 0 aliphatic heterocycles. The molecule has 1 fully saturated rings. The normalized spacial score (nSPS) is 13.7. The number of primary sulfonamides is 1. The first-order chi connectivity index (χ1) is 21.7. The number of carbonyl (C=O) groups is 1. The van der Waals surface area contributed by atoms with Gasteiger partial charge in [-0.15, -0.1) is 11.3 Å². The van der Waals surface area contributed by atoms with Crippen LogP contribution in [0.5, 0.6) is 0 Å². The zero-order chi connectivity index (χ0) is 33.0. The number of rotatable bonds is 9. The van der Waals surface area contributed by atoms with Crippen molar-refractivity contribution in [2.45, 2.75) is 36.8 Å². The molecular weight excluding hydrogens is 651 g/mol. The zero-order valence-corrected chi connectivity index (χ0v) is 25.2. The van der Waals surface area contributed by atoms with Crippen LogP contribution >= 0.6 is 11.3 Å². The van der Waals surface area contributed by atoms with E-state index in [1.807, 2.05) is 0 Å². The van der Waals surface area contributed by atoms with Crippen LogP contribution in [0.15, 0.2) is 70.9 Å². The number of nitrogens with two attached hydrogens (primary N) is 1. The number of aromatic carboxylic acids is 1. The molecule has 1 aliphatic carbocycles. The summed E-state index contributed by atoms with van der Waals surface area (Å²) >= 11 is 0.921. The van der Waals surface area contributed by atoms with E-state index >= 15 is 4.39 Å². The predicted octanol–water partition coefficient (Wildman–Crippen LogP) is 6.85. The number of hydrogen-bond donors (Lipinski definition) is 2. The lowest BCUT2D eigenvalue weighted by molar-refractivity contribution is -0.137. The molecule has 0 saturated heterocycles. The summed E-state index contributed by atoms with van der Waals surface area (Å²) in [7, 11) is -4.39. The lowest BCUT2D eigenvalue weighted by Crippen LogP contribution is -2.14. The van der Waals surface area contributed by atoms with Gasteiger partial charge in [-0.2, -0.15) is 18.3 Å². The van der Waals surface area contributed by atoms with Crippen molar-refractivity contribution in [1.82, 2.24) is 14.8 Å². The SMILES string of the molecule is NS(=O)(=O)c1ccc(Cc2c(-c3cc(-c4ccccc4)c(F)cc3C(F)(F)F)nn(-c3nc(C(=O)O)cs3)c2CC2CC2)cc1F. The molecule has 5 aromatic rings. The Hall–Kier alpha value is -4.47. The van der Waals surface area contributed by atoms with Gasteiger partial charge in [-0.25, -0.2) is 36.8 Å². The first-order valence-corrected chi connectivity index (χ1v) is 16.2. The number of aromatic nitrogens is 3. The molecule has 2 aromatic heterocycles. The van der Waals surface area contributed by atoms with Gasteiger partial charge in [0, 0.05) is 28.5 Å². The third-order valence-corrected chi connectivity index (χ3v) is 9.36. The standard InChI is InChI=1S/C31H23F5N4O4S2/c32-23-14-22(31(34,35)36)20(13-19(23)18-4-2-1-3-5-18)28-21(10-17-8-9-27(24(33)11-17)46(37,43)44)26(12-16-6-7-16)40(39-28)30-38-25(15-45-30)29(41)42/h1-5,8-9,11,13-16H,6-7,10,12H2,(H,41,42)(H2,37,43,44). The van der Waals surface area contributed by atoms with Crippen LogP contribution < -0.4 is 5.14 Å². The van der Waals surface area contributed by atoms with E-state index in [0.717, 1.165) is 42.4 Å². The number of sulfonamides is 1. The fourth-order valence-corrected chi connectivity index (χ4v) is 6.60. The molecule has 15 heteroatoms. The van der Waals surface area contributed by atoms with Crippen molar-refractivity contribution in [3.8, 4) is 27.5 Å². The van der Waals surface area contributed by atoms with Gasteiger partial charge in [-0.3, -0.25) is 0 Å². The highest BCUT2D eigenvalue weighted by Crippen LogP contribution is 2.44. The van der Waals surface area contributed by atoms with Crippen molar-refractivity contribution in [2.24, 2.45) is 11.1 Å². The molecule has 46 heavy (non-hydrogen) atoms. The highest BCUT2D eigenvalue weighted by atomic mass is 32.2. The molecule has 0 atom stereocenters. The topological polar surface area (TPSA) is 128 Å². The second-order valence-electron chi connectivity index (χ2n) is 10.9. The maximum Gasteiger partial charge on any atom is 0.417 e. The van der Waals surface area contributed by atoms with Gasteiger partial charge in [-0.05, 0) is 60.6 Å². The minimum Gasteiger partial charge on any atom is -0.476 e. The third-order valence-electron chi connectivity index (χ3n) is 7.60. The minimum absolute atomic E-state index is 0.0789. The van der Waals surface area contributed by atoms with Crippen LogP contribution in [0.1, 0.15) is 45.7 Å². The summed E-state index contributed by atoms with van der Waals surface area (Å²) in [5, 5.41) is 20.5. The van der Waals surface area contributed by atoms with E-state index in [1.54, 1.807) is 30.3 Å². The van der Waals surface area contributed by atoms with E-state index in [2.05, 4.69) is 10.1 Å². The van der Waals surface area contributed by atoms with Crippen LogP contribution in [0.25, 0.3) is 27.5 Å². The van der Waals surface area contributed by atoms with Crippen LogP contribution in [-0.2, 0) is 29.0 Å². The molecule has 3 aromatic carbocycles. The summed E-state index contributed by atoms with van der Waals surface area (Å²) < 4.78 is 98.8. The van der Waals surface area contributed by atoms with Gasteiger partial charge in [0.15, 0.2) is 5.69 Å². The Morgan fingerprint density at radius 1 is 1.02 bits per heavy atom. The molecule has 0 unspecified atom stereocenters. The monoisotopic (exact) mass is 674 g/mol. The molecule has 6 rings (SSSR count). The van der Waals surface area contributed by atoms with Gasteiger partial charge in [0.25, 0.3) is 0 Å². The van der Waals surface area contributed by atoms with E-state index in [9.17, 15) is 35.9 Å². The van der Waals surface area contributed by atoms with Crippen LogP contribution in [-0.4, -0.2) is 34.3 Å².